The topological polar surface area (TPSA) is 81.9 Å². The van der Waals surface area contributed by atoms with Gasteiger partial charge in [0, 0.05) is 5.56 Å². The number of carboxylic acid groups (broad SMARTS) is 1. The van der Waals surface area contributed by atoms with Crippen LogP contribution in [0.4, 0.5) is 5.69 Å². The Kier molecular flexibility index (Phi) is 4.00. The van der Waals surface area contributed by atoms with Crippen LogP contribution in [0.15, 0.2) is 53.6 Å². The summed E-state index contributed by atoms with van der Waals surface area (Å²) >= 11 is 0. The number of phenolic OH excluding ortho intramolecular Hbond substituents is 1. The molecule has 0 saturated heterocycles. The van der Waals surface area contributed by atoms with Crippen molar-refractivity contribution < 1.29 is 15.0 Å². The monoisotopic (exact) mass is 270 g/mol. The number of benzene rings is 2. The SMILES string of the molecule is C/C(=N\Nc1cccc(C(=O)O)c1)c1ccccc1O. The molecule has 0 aromatic heterocycles. The molecular formula is C15H14N2O3. The fraction of sp³-hybridized carbons (Fsp3) is 0.0667. The molecular weight excluding hydrogens is 256 g/mol. The van der Waals surface area contributed by atoms with E-state index < -0.39 is 5.97 Å². The highest BCUT2D eigenvalue weighted by Crippen LogP contribution is 2.17. The predicted octanol–water partition coefficient (Wildman–Crippen LogP) is 2.93. The molecule has 0 atom stereocenters. The van der Waals surface area contributed by atoms with Crippen molar-refractivity contribution in [2.75, 3.05) is 5.43 Å². The van der Waals surface area contributed by atoms with Gasteiger partial charge in [0.25, 0.3) is 0 Å². The number of hydrogen-bond donors (Lipinski definition) is 3. The number of nitrogens with zero attached hydrogens (tertiary/aromatic N) is 1. The third kappa shape index (κ3) is 3.14. The zero-order valence-corrected chi connectivity index (χ0v) is 10.9. The minimum Gasteiger partial charge on any atom is -0.507 e. The summed E-state index contributed by atoms with van der Waals surface area (Å²) in [7, 11) is 0. The van der Waals surface area contributed by atoms with Crippen molar-refractivity contribution in [1.29, 1.82) is 0 Å². The lowest BCUT2D eigenvalue weighted by atomic mass is 10.1. The van der Waals surface area contributed by atoms with Crippen LogP contribution in [0.1, 0.15) is 22.8 Å². The summed E-state index contributed by atoms with van der Waals surface area (Å²) in [5, 5.41) is 22.8. The molecule has 0 fully saturated rings. The number of rotatable bonds is 4. The quantitative estimate of drug-likeness (QED) is 0.589. The van der Waals surface area contributed by atoms with Crippen LogP contribution in [0.5, 0.6) is 5.75 Å². The Bertz CT molecular complexity index is 666. The molecule has 3 N–H and O–H groups in total. The first kappa shape index (κ1) is 13.6. The maximum atomic E-state index is 10.9. The van der Waals surface area contributed by atoms with E-state index in [2.05, 4.69) is 10.5 Å². The number of phenols is 1. The van der Waals surface area contributed by atoms with Crippen molar-refractivity contribution in [1.82, 2.24) is 0 Å². The molecule has 0 saturated carbocycles. The zero-order chi connectivity index (χ0) is 14.5. The third-order valence-electron chi connectivity index (χ3n) is 2.76. The summed E-state index contributed by atoms with van der Waals surface area (Å²) in [6, 6.07) is 13.2. The second-order valence-corrected chi connectivity index (χ2v) is 4.21. The first-order chi connectivity index (χ1) is 9.58. The fourth-order valence-corrected chi connectivity index (χ4v) is 1.71. The molecule has 0 amide bonds. The average molecular weight is 270 g/mol. The molecule has 0 heterocycles. The van der Waals surface area contributed by atoms with Crippen molar-refractivity contribution in [3.63, 3.8) is 0 Å². The van der Waals surface area contributed by atoms with Gasteiger partial charge in [0.1, 0.15) is 5.75 Å². The van der Waals surface area contributed by atoms with Gasteiger partial charge in [0.15, 0.2) is 0 Å². The number of hydrazone groups is 1. The normalized spacial score (nSPS) is 11.2. The van der Waals surface area contributed by atoms with E-state index in [1.807, 2.05) is 0 Å². The fourth-order valence-electron chi connectivity index (χ4n) is 1.71. The molecule has 20 heavy (non-hydrogen) atoms. The van der Waals surface area contributed by atoms with Gasteiger partial charge >= 0.3 is 5.97 Å². The summed E-state index contributed by atoms with van der Waals surface area (Å²) in [6.07, 6.45) is 0. The van der Waals surface area contributed by atoms with E-state index >= 15 is 0 Å². The molecule has 0 bridgehead atoms. The lowest BCUT2D eigenvalue weighted by molar-refractivity contribution is 0.0697. The molecule has 5 heteroatoms. The van der Waals surface area contributed by atoms with E-state index in [1.54, 1.807) is 43.3 Å². The summed E-state index contributed by atoms with van der Waals surface area (Å²) in [5.74, 6) is -0.843. The molecule has 2 aromatic carbocycles. The van der Waals surface area contributed by atoms with Crippen molar-refractivity contribution in [2.45, 2.75) is 6.92 Å². The number of aromatic hydroxyl groups is 1. The smallest absolute Gasteiger partial charge is 0.335 e. The van der Waals surface area contributed by atoms with Gasteiger partial charge < -0.3 is 10.2 Å². The molecule has 0 aliphatic heterocycles. The summed E-state index contributed by atoms with van der Waals surface area (Å²) < 4.78 is 0. The van der Waals surface area contributed by atoms with E-state index in [-0.39, 0.29) is 11.3 Å². The van der Waals surface area contributed by atoms with Crippen LogP contribution in [0.25, 0.3) is 0 Å². The van der Waals surface area contributed by atoms with E-state index in [0.717, 1.165) is 0 Å². The van der Waals surface area contributed by atoms with E-state index in [4.69, 9.17) is 5.11 Å². The van der Waals surface area contributed by atoms with Crippen LogP contribution in [-0.2, 0) is 0 Å². The summed E-state index contributed by atoms with van der Waals surface area (Å²) in [4.78, 5) is 10.9. The van der Waals surface area contributed by atoms with Crippen LogP contribution < -0.4 is 5.43 Å². The number of carbonyl (C=O) groups is 1. The van der Waals surface area contributed by atoms with Crippen LogP contribution in [0.2, 0.25) is 0 Å². The number of nitrogens with one attached hydrogen (secondary N) is 1. The molecule has 0 radical (unpaired) electrons. The van der Waals surface area contributed by atoms with Crippen molar-refractivity contribution in [3.8, 4) is 5.75 Å². The van der Waals surface area contributed by atoms with Gasteiger partial charge in [-0.05, 0) is 37.3 Å². The maximum absolute atomic E-state index is 10.9. The Balaban J connectivity index is 2.19. The Hall–Kier alpha value is -2.82. The highest BCUT2D eigenvalue weighted by molar-refractivity contribution is 6.01. The Morgan fingerprint density at radius 2 is 1.90 bits per heavy atom. The number of anilines is 1. The van der Waals surface area contributed by atoms with Gasteiger partial charge in [0.05, 0.1) is 17.0 Å². The minimum absolute atomic E-state index is 0.148. The van der Waals surface area contributed by atoms with Gasteiger partial charge in [0.2, 0.25) is 0 Å². The molecule has 2 aromatic rings. The van der Waals surface area contributed by atoms with Gasteiger partial charge in [-0.3, -0.25) is 5.43 Å². The molecule has 0 spiro atoms. The first-order valence-electron chi connectivity index (χ1n) is 6.00. The van der Waals surface area contributed by atoms with Crippen molar-refractivity contribution >= 4 is 17.4 Å². The van der Waals surface area contributed by atoms with Gasteiger partial charge in [-0.15, -0.1) is 0 Å². The molecule has 0 aliphatic rings. The minimum atomic E-state index is -0.991. The highest BCUT2D eigenvalue weighted by Gasteiger charge is 2.04. The van der Waals surface area contributed by atoms with E-state index in [9.17, 15) is 9.90 Å². The molecule has 102 valence electrons. The largest absolute Gasteiger partial charge is 0.507 e. The molecule has 0 aliphatic carbocycles. The van der Waals surface area contributed by atoms with Crippen LogP contribution in [0, 0.1) is 0 Å². The van der Waals surface area contributed by atoms with Crippen molar-refractivity contribution in [2.24, 2.45) is 5.10 Å². The number of carboxylic acids is 1. The van der Waals surface area contributed by atoms with Crippen molar-refractivity contribution in [3.05, 3.63) is 59.7 Å². The summed E-state index contributed by atoms with van der Waals surface area (Å²) in [6.45, 7) is 1.75. The van der Waals surface area contributed by atoms with E-state index in [1.165, 1.54) is 12.1 Å². The standard InChI is InChI=1S/C15H14N2O3/c1-10(13-7-2-3-8-14(13)18)16-17-12-6-4-5-11(9-12)15(19)20/h2-9,17-18H,1H3,(H,19,20)/b16-10+. The molecule has 5 nitrogen and oxygen atoms in total. The third-order valence-corrected chi connectivity index (χ3v) is 2.76. The van der Waals surface area contributed by atoms with Crippen LogP contribution in [0.3, 0.4) is 0 Å². The average Bonchev–Trinajstić information content (AvgIpc) is 2.45. The predicted molar refractivity (Wildman–Crippen MR) is 77.3 cm³/mol. The molecule has 0 unspecified atom stereocenters. The highest BCUT2D eigenvalue weighted by atomic mass is 16.4. The Morgan fingerprint density at radius 1 is 1.15 bits per heavy atom. The summed E-state index contributed by atoms with van der Waals surface area (Å²) in [5.41, 5.74) is 4.75. The second kappa shape index (κ2) is 5.88. The number of hydrogen-bond acceptors (Lipinski definition) is 4. The van der Waals surface area contributed by atoms with Gasteiger partial charge in [-0.1, -0.05) is 18.2 Å². The van der Waals surface area contributed by atoms with Crippen LogP contribution >= 0.6 is 0 Å². The maximum Gasteiger partial charge on any atom is 0.335 e. The van der Waals surface area contributed by atoms with E-state index in [0.29, 0.717) is 17.0 Å². The molecule has 2 rings (SSSR count). The Morgan fingerprint density at radius 3 is 2.60 bits per heavy atom. The van der Waals surface area contributed by atoms with Gasteiger partial charge in [-0.25, -0.2) is 4.79 Å². The number of aromatic carboxylic acids is 1. The lowest BCUT2D eigenvalue weighted by Gasteiger charge is -2.06. The van der Waals surface area contributed by atoms with Gasteiger partial charge in [-0.2, -0.15) is 5.10 Å². The first-order valence-corrected chi connectivity index (χ1v) is 6.00. The second-order valence-electron chi connectivity index (χ2n) is 4.21. The lowest BCUT2D eigenvalue weighted by Crippen LogP contribution is -2.01. The Labute approximate surface area is 116 Å². The zero-order valence-electron chi connectivity index (χ0n) is 10.9. The van der Waals surface area contributed by atoms with Crippen LogP contribution in [-0.4, -0.2) is 21.9 Å². The number of para-hydroxylation sites is 1.